The first-order valence-electron chi connectivity index (χ1n) is 15.5. The number of anilines is 4. The maximum absolute atomic E-state index is 13.4. The second kappa shape index (κ2) is 15.6. The Bertz CT molecular complexity index is 2080. The third kappa shape index (κ3) is 9.39. The van der Waals surface area contributed by atoms with Gasteiger partial charge in [-0.15, -0.1) is 0 Å². The highest BCUT2D eigenvalue weighted by Crippen LogP contribution is 2.29. The summed E-state index contributed by atoms with van der Waals surface area (Å²) in [4.78, 5) is 23.8. The summed E-state index contributed by atoms with van der Waals surface area (Å²) in [6, 6.07) is 29.6. The average Bonchev–Trinajstić information content (AvgIpc) is 3.08. The number of carbonyl (C=O) groups excluding carboxylic acids is 2. The smallest absolute Gasteiger partial charge is 0.340 e. The Balaban J connectivity index is 1.28. The minimum Gasteiger partial charge on any atom is -0.379 e. The molecule has 4 N–H and O–H groups in total. The summed E-state index contributed by atoms with van der Waals surface area (Å²) in [5, 5.41) is 10.7. The van der Waals surface area contributed by atoms with Crippen molar-refractivity contribution in [1.82, 2.24) is 0 Å². The van der Waals surface area contributed by atoms with Crippen molar-refractivity contribution in [3.8, 4) is 11.5 Å². The topological polar surface area (TPSA) is 169 Å². The van der Waals surface area contributed by atoms with E-state index in [0.29, 0.717) is 11.4 Å². The lowest BCUT2D eigenvalue weighted by Gasteiger charge is -2.14. The van der Waals surface area contributed by atoms with Crippen LogP contribution in [0.5, 0.6) is 11.5 Å². The number of benzene rings is 5. The summed E-state index contributed by atoms with van der Waals surface area (Å²) in [6.07, 6.45) is 1.59. The second-order valence-corrected chi connectivity index (χ2v) is 13.9. The van der Waals surface area contributed by atoms with E-state index >= 15 is 0 Å². The molecule has 0 unspecified atom stereocenters. The largest absolute Gasteiger partial charge is 0.379 e. The van der Waals surface area contributed by atoms with E-state index in [9.17, 15) is 26.4 Å². The lowest BCUT2D eigenvalue weighted by molar-refractivity contribution is 0.261. The zero-order chi connectivity index (χ0) is 35.7. The van der Waals surface area contributed by atoms with Gasteiger partial charge in [-0.25, -0.2) is 9.59 Å². The van der Waals surface area contributed by atoms with Crippen LogP contribution in [-0.4, -0.2) is 28.9 Å². The molecule has 0 saturated heterocycles. The maximum Gasteiger partial charge on any atom is 0.340 e. The van der Waals surface area contributed by atoms with Crippen LogP contribution in [0.25, 0.3) is 0 Å². The molecule has 0 spiro atoms. The Labute approximate surface area is 290 Å². The van der Waals surface area contributed by atoms with Gasteiger partial charge in [-0.3, -0.25) is 0 Å². The molecule has 258 valence electrons. The molecule has 0 radical (unpaired) electrons. The fraction of sp³-hybridized carbons (Fsp3) is 0.111. The minimum atomic E-state index is -4.73. The molecule has 14 heteroatoms. The number of urea groups is 2. The van der Waals surface area contributed by atoms with E-state index in [0.717, 1.165) is 36.1 Å². The van der Waals surface area contributed by atoms with Crippen molar-refractivity contribution < 1.29 is 34.8 Å². The van der Waals surface area contributed by atoms with E-state index in [1.54, 1.807) is 12.1 Å². The van der Waals surface area contributed by atoms with Gasteiger partial charge in [0.25, 0.3) is 0 Å². The molecular formula is C36H34N4O8S2. The van der Waals surface area contributed by atoms with E-state index in [-0.39, 0.29) is 22.9 Å². The molecule has 0 aliphatic heterocycles. The first kappa shape index (κ1) is 35.4. The molecular weight excluding hydrogens is 681 g/mol. The van der Waals surface area contributed by atoms with Gasteiger partial charge in [0.15, 0.2) is 0 Å². The van der Waals surface area contributed by atoms with Crippen LogP contribution in [0.2, 0.25) is 0 Å². The highest BCUT2D eigenvalue weighted by atomic mass is 32.2. The van der Waals surface area contributed by atoms with E-state index in [2.05, 4.69) is 21.3 Å². The summed E-state index contributed by atoms with van der Waals surface area (Å²) >= 11 is 0. The fourth-order valence-corrected chi connectivity index (χ4v) is 7.41. The number of carbonyl (C=O) groups is 2. The number of rotatable bonds is 12. The Morgan fingerprint density at radius 2 is 0.820 bits per heavy atom. The van der Waals surface area contributed by atoms with Gasteiger partial charge in [-0.2, -0.15) is 16.8 Å². The molecule has 5 aromatic carbocycles. The zero-order valence-corrected chi connectivity index (χ0v) is 28.7. The summed E-state index contributed by atoms with van der Waals surface area (Å²) in [5.74, 6) is -0.357. The van der Waals surface area contributed by atoms with Gasteiger partial charge in [-0.1, -0.05) is 62.4 Å². The van der Waals surface area contributed by atoms with Gasteiger partial charge in [0.2, 0.25) is 0 Å². The fourth-order valence-electron chi connectivity index (χ4n) is 4.78. The molecule has 0 bridgehead atoms. The van der Waals surface area contributed by atoms with Gasteiger partial charge in [0, 0.05) is 34.9 Å². The molecule has 0 aromatic heterocycles. The number of nitrogens with one attached hydrogen (secondary N) is 4. The van der Waals surface area contributed by atoms with Gasteiger partial charge < -0.3 is 29.6 Å². The predicted octanol–water partition coefficient (Wildman–Crippen LogP) is 7.63. The Morgan fingerprint density at radius 3 is 1.18 bits per heavy atom. The van der Waals surface area contributed by atoms with Gasteiger partial charge >= 0.3 is 32.3 Å². The predicted molar refractivity (Wildman–Crippen MR) is 192 cm³/mol. The van der Waals surface area contributed by atoms with E-state index in [4.69, 9.17) is 8.37 Å². The van der Waals surface area contributed by atoms with Crippen LogP contribution in [0.15, 0.2) is 131 Å². The van der Waals surface area contributed by atoms with Crippen molar-refractivity contribution in [2.45, 2.75) is 36.5 Å². The maximum atomic E-state index is 13.4. The Morgan fingerprint density at radius 1 is 0.480 bits per heavy atom. The van der Waals surface area contributed by atoms with E-state index in [1.165, 1.54) is 60.7 Å². The van der Waals surface area contributed by atoms with Crippen LogP contribution >= 0.6 is 0 Å². The van der Waals surface area contributed by atoms with Crippen LogP contribution < -0.4 is 29.6 Å². The second-order valence-electron chi connectivity index (χ2n) is 10.8. The lowest BCUT2D eigenvalue weighted by atomic mass is 10.1. The van der Waals surface area contributed by atoms with E-state index < -0.39 is 42.1 Å². The number of hydrogen-bond acceptors (Lipinski definition) is 8. The molecule has 0 heterocycles. The lowest BCUT2D eigenvalue weighted by Crippen LogP contribution is -2.20. The molecule has 50 heavy (non-hydrogen) atoms. The normalized spacial score (nSPS) is 11.2. The van der Waals surface area contributed by atoms with Crippen molar-refractivity contribution >= 4 is 55.0 Å². The third-order valence-electron chi connectivity index (χ3n) is 7.17. The van der Waals surface area contributed by atoms with Crippen LogP contribution in [-0.2, 0) is 33.1 Å². The zero-order valence-electron chi connectivity index (χ0n) is 27.0. The molecule has 0 saturated carbocycles. The average molecular weight is 715 g/mol. The Kier molecular flexibility index (Phi) is 11.0. The summed E-state index contributed by atoms with van der Waals surface area (Å²) < 4.78 is 64.3. The Hall–Kier alpha value is -5.86. The molecule has 4 amide bonds. The first-order chi connectivity index (χ1) is 23.9. The van der Waals surface area contributed by atoms with Crippen LogP contribution in [0.4, 0.5) is 32.3 Å². The quantitative estimate of drug-likeness (QED) is 0.0957. The molecule has 0 aliphatic rings. The number of amides is 4. The van der Waals surface area contributed by atoms with Crippen molar-refractivity contribution in [1.29, 1.82) is 0 Å². The minimum absolute atomic E-state index is 0.178. The molecule has 5 aromatic rings. The third-order valence-corrected chi connectivity index (χ3v) is 9.91. The van der Waals surface area contributed by atoms with Gasteiger partial charge in [0.05, 0.1) is 0 Å². The molecule has 0 atom stereocenters. The molecule has 12 nitrogen and oxygen atoms in total. The van der Waals surface area contributed by atoms with Crippen molar-refractivity contribution in [2.75, 3.05) is 21.3 Å². The van der Waals surface area contributed by atoms with Crippen molar-refractivity contribution in [2.24, 2.45) is 0 Å². The van der Waals surface area contributed by atoms with E-state index in [1.807, 2.05) is 50.2 Å². The van der Waals surface area contributed by atoms with Crippen molar-refractivity contribution in [3.63, 3.8) is 0 Å². The number of aryl methyl sites for hydroxylation is 2. The SMILES string of the molecule is CCc1cccc(NC(=O)Nc2cccc(OS(=O)(=O)c3ccccc3S(=O)(=O)Oc3cccc(NC(=O)Nc4cccc(CC)c4)c3)c2)c1. The number of hydrogen-bond donors (Lipinski definition) is 4. The first-order valence-corrected chi connectivity index (χ1v) is 18.3. The van der Waals surface area contributed by atoms with Crippen molar-refractivity contribution in [3.05, 3.63) is 132 Å². The monoisotopic (exact) mass is 714 g/mol. The van der Waals surface area contributed by atoms with Gasteiger partial charge in [0.1, 0.15) is 21.3 Å². The highest BCUT2D eigenvalue weighted by Gasteiger charge is 2.30. The molecule has 0 fully saturated rings. The van der Waals surface area contributed by atoms with Gasteiger partial charge in [-0.05, 0) is 84.6 Å². The van der Waals surface area contributed by atoms with Crippen LogP contribution in [0, 0.1) is 0 Å². The molecule has 5 rings (SSSR count). The van der Waals surface area contributed by atoms with Crippen LogP contribution in [0.3, 0.4) is 0 Å². The van der Waals surface area contributed by atoms with Crippen LogP contribution in [0.1, 0.15) is 25.0 Å². The summed E-state index contributed by atoms with van der Waals surface area (Å²) in [7, 11) is -9.47. The standard InChI is InChI=1S/C36H34N4O8S2/c1-3-25-11-7-13-27(21-25)37-35(41)39-29-15-9-17-31(23-29)47-49(43,44)33-19-5-6-20-34(33)50(45,46)48-32-18-10-16-30(24-32)40-36(42)38-28-14-8-12-26(4-2)22-28/h5-24H,3-4H2,1-2H3,(H2,37,39,41)(H2,38,40,42). The molecule has 0 aliphatic carbocycles. The highest BCUT2D eigenvalue weighted by molar-refractivity contribution is 7.90. The summed E-state index contributed by atoms with van der Waals surface area (Å²) in [5.41, 5.74) is 3.69. The summed E-state index contributed by atoms with van der Waals surface area (Å²) in [6.45, 7) is 3.99.